The number of fused-ring (bicyclic) bond motifs is 14. The van der Waals surface area contributed by atoms with E-state index in [4.69, 9.17) is 0 Å². The quantitative estimate of drug-likeness (QED) is 0.178. The minimum atomic E-state index is 0.461. The molecule has 0 unspecified atom stereocenters. The van der Waals surface area contributed by atoms with Crippen LogP contribution in [0.1, 0.15) is 11.1 Å². The molecule has 0 radical (unpaired) electrons. The van der Waals surface area contributed by atoms with E-state index in [1.165, 1.54) is 0 Å². The molecule has 0 fully saturated rings. The van der Waals surface area contributed by atoms with Gasteiger partial charge in [0.05, 0.1) is 66.6 Å². The zero-order valence-corrected chi connectivity index (χ0v) is 33.2. The van der Waals surface area contributed by atoms with E-state index >= 15 is 0 Å². The van der Waals surface area contributed by atoms with Gasteiger partial charge in [0.2, 0.25) is 0 Å². The van der Waals surface area contributed by atoms with E-state index < -0.39 is 0 Å². The Kier molecular flexibility index (Phi) is 7.05. The van der Waals surface area contributed by atoms with Crippen LogP contribution in [-0.2, 0) is 0 Å². The first-order valence-electron chi connectivity index (χ1n) is 20.7. The molecule has 0 aliphatic carbocycles. The minimum Gasteiger partial charge on any atom is -0.307 e. The number of nitrogens with zero attached hydrogens (tertiary/aromatic N) is 6. The number of hydrogen-bond acceptors (Lipinski definition) is 2. The lowest BCUT2D eigenvalue weighted by Gasteiger charge is -2.17. The van der Waals surface area contributed by atoms with Gasteiger partial charge in [-0.25, -0.2) is 0 Å². The molecule has 0 aliphatic rings. The van der Waals surface area contributed by atoms with E-state index in [9.17, 15) is 10.5 Å². The first-order valence-corrected chi connectivity index (χ1v) is 20.7. The normalized spacial score (nSPS) is 11.8. The van der Waals surface area contributed by atoms with Gasteiger partial charge in [-0.2, -0.15) is 10.5 Å². The molecule has 13 aromatic rings. The van der Waals surface area contributed by atoms with Gasteiger partial charge in [0.15, 0.2) is 0 Å². The van der Waals surface area contributed by atoms with Crippen molar-refractivity contribution in [3.63, 3.8) is 0 Å². The van der Waals surface area contributed by atoms with Crippen LogP contribution in [0.4, 0.5) is 0 Å². The Balaban J connectivity index is 1.18. The van der Waals surface area contributed by atoms with Gasteiger partial charge in [-0.05, 0) is 60.7 Å². The Labute approximate surface area is 354 Å². The van der Waals surface area contributed by atoms with Crippen LogP contribution in [0.25, 0.3) is 110 Å². The number of para-hydroxylation sites is 6. The summed E-state index contributed by atoms with van der Waals surface area (Å²) in [6.07, 6.45) is 0. The molecule has 6 heteroatoms. The lowest BCUT2D eigenvalue weighted by molar-refractivity contribution is 1.11. The predicted molar refractivity (Wildman–Crippen MR) is 253 cm³/mol. The zero-order valence-electron chi connectivity index (χ0n) is 33.2. The van der Waals surface area contributed by atoms with Crippen LogP contribution in [0.15, 0.2) is 194 Å². The highest BCUT2D eigenvalue weighted by Gasteiger charge is 2.26. The van der Waals surface area contributed by atoms with Crippen molar-refractivity contribution in [2.45, 2.75) is 0 Å². The van der Waals surface area contributed by atoms with Gasteiger partial charge in [-0.3, -0.25) is 0 Å². The molecule has 4 aromatic heterocycles. The van der Waals surface area contributed by atoms with Gasteiger partial charge in [-0.1, -0.05) is 133 Å². The third-order valence-electron chi connectivity index (χ3n) is 12.8. The lowest BCUT2D eigenvalue weighted by atomic mass is 10.1. The van der Waals surface area contributed by atoms with Crippen LogP contribution >= 0.6 is 0 Å². The standard InChI is InChI=1S/C56H32N6/c57-33-35-32-52(62-50-26-14-10-22-42(50)46-30-28-44-40-20-8-12-24-48(40)60(54(44)56(46)62)38-17-5-2-6-18-38)36(34-58)31-51(35)61-49-25-13-9-21-41(49)45-29-27-43-39-19-7-11-23-47(39)59(53(43)55(45)61)37-15-3-1-4-16-37/h1-32H. The number of aromatic nitrogens is 4. The number of rotatable bonds is 4. The minimum absolute atomic E-state index is 0.461. The summed E-state index contributed by atoms with van der Waals surface area (Å²) in [5.41, 5.74) is 12.4. The SMILES string of the molecule is N#Cc1cc(-n2c3ccccc3c3ccc4c5ccccc5n(-c5ccccc5)c4c32)c(C#N)cc1-n1c2ccccc2c2ccc3c4ccccc4n(-c4ccccc4)c3c21. The van der Waals surface area contributed by atoms with E-state index in [-0.39, 0.29) is 0 Å². The van der Waals surface area contributed by atoms with Crippen molar-refractivity contribution < 1.29 is 0 Å². The summed E-state index contributed by atoms with van der Waals surface area (Å²) in [4.78, 5) is 0. The Morgan fingerprint density at radius 1 is 0.274 bits per heavy atom. The summed E-state index contributed by atoms with van der Waals surface area (Å²) in [6.45, 7) is 0. The largest absolute Gasteiger partial charge is 0.307 e. The van der Waals surface area contributed by atoms with E-state index in [1.54, 1.807) is 0 Å². The average Bonchev–Trinajstić information content (AvgIpc) is 4.07. The third kappa shape index (κ3) is 4.50. The van der Waals surface area contributed by atoms with Crippen LogP contribution in [0.3, 0.4) is 0 Å². The van der Waals surface area contributed by atoms with Crippen molar-refractivity contribution >= 4 is 87.2 Å². The van der Waals surface area contributed by atoms with Crippen molar-refractivity contribution in [3.05, 3.63) is 205 Å². The first-order chi connectivity index (χ1) is 30.7. The van der Waals surface area contributed by atoms with Crippen LogP contribution in [-0.4, -0.2) is 18.3 Å². The van der Waals surface area contributed by atoms with Crippen molar-refractivity contribution in [1.82, 2.24) is 18.3 Å². The van der Waals surface area contributed by atoms with Gasteiger partial charge in [0.25, 0.3) is 0 Å². The molecule has 0 N–H and O–H groups in total. The fourth-order valence-corrected chi connectivity index (χ4v) is 10.3. The van der Waals surface area contributed by atoms with Gasteiger partial charge < -0.3 is 18.3 Å². The maximum absolute atomic E-state index is 11.3. The molecular formula is C56H32N6. The molecule has 0 atom stereocenters. The van der Waals surface area contributed by atoms with E-state index in [0.29, 0.717) is 22.5 Å². The topological polar surface area (TPSA) is 67.3 Å². The Morgan fingerprint density at radius 2 is 0.548 bits per heavy atom. The summed E-state index contributed by atoms with van der Waals surface area (Å²) >= 11 is 0. The second kappa shape index (κ2) is 12.8. The van der Waals surface area contributed by atoms with Gasteiger partial charge in [-0.15, -0.1) is 0 Å². The highest BCUT2D eigenvalue weighted by Crippen LogP contribution is 2.45. The molecule has 6 nitrogen and oxygen atoms in total. The van der Waals surface area contributed by atoms with Crippen molar-refractivity contribution in [1.29, 1.82) is 10.5 Å². The Hall–Kier alpha value is -8.84. The fourth-order valence-electron chi connectivity index (χ4n) is 10.3. The molecule has 0 spiro atoms. The lowest BCUT2D eigenvalue weighted by Crippen LogP contribution is -2.05. The second-order valence-corrected chi connectivity index (χ2v) is 15.9. The monoisotopic (exact) mass is 788 g/mol. The smallest absolute Gasteiger partial charge is 0.101 e. The highest BCUT2D eigenvalue weighted by molar-refractivity contribution is 6.25. The van der Waals surface area contributed by atoms with Crippen molar-refractivity contribution in [3.8, 4) is 34.9 Å². The molecule has 62 heavy (non-hydrogen) atoms. The summed E-state index contributed by atoms with van der Waals surface area (Å²) in [5, 5.41) is 31.4. The Bertz CT molecular complexity index is 3840. The summed E-state index contributed by atoms with van der Waals surface area (Å²) in [5.74, 6) is 0. The van der Waals surface area contributed by atoms with Crippen LogP contribution in [0, 0.1) is 22.7 Å². The van der Waals surface area contributed by atoms with Crippen molar-refractivity contribution in [2.24, 2.45) is 0 Å². The Morgan fingerprint density at radius 3 is 0.871 bits per heavy atom. The average molecular weight is 789 g/mol. The fraction of sp³-hybridized carbons (Fsp3) is 0. The van der Waals surface area contributed by atoms with E-state index in [2.05, 4.69) is 188 Å². The van der Waals surface area contributed by atoms with Crippen molar-refractivity contribution in [2.75, 3.05) is 0 Å². The van der Waals surface area contributed by atoms with Gasteiger partial charge >= 0.3 is 0 Å². The molecule has 0 aliphatic heterocycles. The summed E-state index contributed by atoms with van der Waals surface area (Å²) < 4.78 is 9.10. The van der Waals surface area contributed by atoms with Gasteiger partial charge in [0.1, 0.15) is 12.1 Å². The maximum Gasteiger partial charge on any atom is 0.101 e. The molecule has 0 amide bonds. The molecule has 286 valence electrons. The third-order valence-corrected chi connectivity index (χ3v) is 12.8. The van der Waals surface area contributed by atoms with Gasteiger partial charge in [0, 0.05) is 54.5 Å². The number of hydrogen-bond donors (Lipinski definition) is 0. The molecular weight excluding hydrogens is 757 g/mol. The van der Waals surface area contributed by atoms with E-state index in [0.717, 1.165) is 98.6 Å². The van der Waals surface area contributed by atoms with Crippen LogP contribution < -0.4 is 0 Å². The molecule has 9 aromatic carbocycles. The molecule has 0 saturated carbocycles. The second-order valence-electron chi connectivity index (χ2n) is 15.9. The highest BCUT2D eigenvalue weighted by atomic mass is 15.1. The number of benzene rings is 9. The molecule has 4 heterocycles. The zero-order chi connectivity index (χ0) is 41.1. The first kappa shape index (κ1) is 34.1. The number of nitriles is 2. The molecule has 0 saturated heterocycles. The van der Waals surface area contributed by atoms with E-state index in [1.807, 2.05) is 36.4 Å². The maximum atomic E-state index is 11.3. The summed E-state index contributed by atoms with van der Waals surface area (Å²) in [7, 11) is 0. The van der Waals surface area contributed by atoms with Crippen LogP contribution in [0.2, 0.25) is 0 Å². The van der Waals surface area contributed by atoms with Crippen LogP contribution in [0.5, 0.6) is 0 Å². The molecule has 0 bridgehead atoms. The summed E-state index contributed by atoms with van der Waals surface area (Å²) in [6, 6.07) is 72.7. The molecule has 13 rings (SSSR count). The predicted octanol–water partition coefficient (Wildman–Crippen LogP) is 13.8.